The smallest absolute Gasteiger partial charge is 0.237 e. The quantitative estimate of drug-likeness (QED) is 0.348. The number of carbonyl (C=O) groups is 1. The predicted octanol–water partition coefficient (Wildman–Crippen LogP) is 4.77. The van der Waals surface area contributed by atoms with Gasteiger partial charge in [0.25, 0.3) is 0 Å². The zero-order chi connectivity index (χ0) is 27.4. The third kappa shape index (κ3) is 6.78. The number of rotatable bonds is 10. The van der Waals surface area contributed by atoms with Crippen LogP contribution in [0.3, 0.4) is 0 Å². The van der Waals surface area contributed by atoms with E-state index in [0.717, 1.165) is 16.8 Å². The lowest BCUT2D eigenvalue weighted by atomic mass is 9.87. The van der Waals surface area contributed by atoms with Gasteiger partial charge in [-0.2, -0.15) is 0 Å². The van der Waals surface area contributed by atoms with Gasteiger partial charge in [-0.05, 0) is 75.1 Å². The minimum absolute atomic E-state index is 0.0738. The zero-order valence-electron chi connectivity index (χ0n) is 21.3. The van der Waals surface area contributed by atoms with Crippen LogP contribution in [0.4, 0.5) is 15.8 Å². The van der Waals surface area contributed by atoms with Crippen LogP contribution in [0.2, 0.25) is 0 Å². The van der Waals surface area contributed by atoms with Crippen LogP contribution in [-0.4, -0.2) is 42.4 Å². The van der Waals surface area contributed by atoms with Crippen molar-refractivity contribution >= 4 is 34.0 Å². The minimum atomic E-state index is -3.51. The van der Waals surface area contributed by atoms with Crippen LogP contribution in [0, 0.1) is 11.7 Å². The molecular formula is C28H30FN5O4S. The number of carbonyl (C=O) groups excluding carboxylic acids is 1. The van der Waals surface area contributed by atoms with Gasteiger partial charge < -0.3 is 10.1 Å². The van der Waals surface area contributed by atoms with Gasteiger partial charge >= 0.3 is 0 Å². The Bertz CT molecular complexity index is 1440. The summed E-state index contributed by atoms with van der Waals surface area (Å²) in [5.74, 6) is -0.579. The number of halogens is 1. The molecular weight excluding hydrogens is 521 g/mol. The van der Waals surface area contributed by atoms with Gasteiger partial charge in [0, 0.05) is 42.6 Å². The molecule has 0 bridgehead atoms. The van der Waals surface area contributed by atoms with E-state index in [1.165, 1.54) is 12.1 Å². The normalized spacial score (nSPS) is 19.2. The average molecular weight is 552 g/mol. The van der Waals surface area contributed by atoms with Crippen molar-refractivity contribution in [2.24, 2.45) is 10.9 Å². The van der Waals surface area contributed by atoms with Gasteiger partial charge in [-0.1, -0.05) is 6.07 Å². The summed E-state index contributed by atoms with van der Waals surface area (Å²) in [6, 6.07) is 11.9. The average Bonchev–Trinajstić information content (AvgIpc) is 3.80. The first kappa shape index (κ1) is 26.7. The second-order valence-electron chi connectivity index (χ2n) is 9.91. The summed E-state index contributed by atoms with van der Waals surface area (Å²) < 4.78 is 45.7. The molecule has 1 aromatic carbocycles. The first-order valence-corrected chi connectivity index (χ1v) is 14.5. The Hall–Kier alpha value is -3.86. The first-order valence-electron chi connectivity index (χ1n) is 12.9. The Morgan fingerprint density at radius 1 is 1.03 bits per heavy atom. The Labute approximate surface area is 227 Å². The van der Waals surface area contributed by atoms with Gasteiger partial charge in [0.1, 0.15) is 11.9 Å². The van der Waals surface area contributed by atoms with E-state index in [0.29, 0.717) is 62.3 Å². The maximum atomic E-state index is 13.4. The number of hydrogen-bond donors (Lipinski definition) is 2. The number of amides is 1. The summed E-state index contributed by atoms with van der Waals surface area (Å²) in [6.45, 7) is 3.97. The van der Waals surface area contributed by atoms with Crippen molar-refractivity contribution in [1.29, 1.82) is 0 Å². The summed E-state index contributed by atoms with van der Waals surface area (Å²) in [7, 11) is -3.51. The van der Waals surface area contributed by atoms with Crippen LogP contribution in [-0.2, 0) is 21.4 Å². The van der Waals surface area contributed by atoms with Crippen molar-refractivity contribution in [3.8, 4) is 17.1 Å². The monoisotopic (exact) mass is 551 g/mol. The van der Waals surface area contributed by atoms with Crippen molar-refractivity contribution in [1.82, 2.24) is 14.7 Å². The largest absolute Gasteiger partial charge is 0.474 e. The molecule has 0 spiro atoms. The molecule has 2 fully saturated rings. The Morgan fingerprint density at radius 2 is 1.82 bits per heavy atom. The fraction of sp³-hybridized carbons (Fsp3) is 0.357. The Morgan fingerprint density at radius 3 is 2.46 bits per heavy atom. The number of aromatic nitrogens is 2. The third-order valence-corrected chi connectivity index (χ3v) is 8.84. The number of benzene rings is 1. The van der Waals surface area contributed by atoms with Crippen molar-refractivity contribution < 1.29 is 22.3 Å². The van der Waals surface area contributed by atoms with E-state index in [9.17, 15) is 17.6 Å². The highest BCUT2D eigenvalue weighted by atomic mass is 32.2. The highest BCUT2D eigenvalue weighted by molar-refractivity contribution is 7.90. The Balaban J connectivity index is 1.10. The van der Waals surface area contributed by atoms with Crippen LogP contribution in [0.1, 0.15) is 44.1 Å². The van der Waals surface area contributed by atoms with E-state index in [-0.39, 0.29) is 17.8 Å². The van der Waals surface area contributed by atoms with Gasteiger partial charge in [0.05, 0.1) is 22.3 Å². The first-order chi connectivity index (χ1) is 18.8. The highest BCUT2D eigenvalue weighted by Crippen LogP contribution is 2.31. The maximum absolute atomic E-state index is 13.4. The summed E-state index contributed by atoms with van der Waals surface area (Å²) in [6.07, 6.45) is 7.12. The highest BCUT2D eigenvalue weighted by Gasteiger charge is 2.38. The number of anilines is 1. The lowest BCUT2D eigenvalue weighted by Gasteiger charge is -2.27. The molecule has 3 aromatic rings. The van der Waals surface area contributed by atoms with E-state index in [1.54, 1.807) is 24.5 Å². The summed E-state index contributed by atoms with van der Waals surface area (Å²) >= 11 is 0. The van der Waals surface area contributed by atoms with Crippen LogP contribution in [0.15, 0.2) is 59.9 Å². The van der Waals surface area contributed by atoms with E-state index in [2.05, 4.69) is 31.7 Å². The fourth-order valence-corrected chi connectivity index (χ4v) is 5.95. The molecule has 1 amide bonds. The molecule has 0 atom stereocenters. The molecule has 204 valence electrons. The third-order valence-electron chi connectivity index (χ3n) is 7.01. The van der Waals surface area contributed by atoms with Gasteiger partial charge in [-0.15, -0.1) is 0 Å². The SMILES string of the molecule is C=Nc1cc(F)ccc1NCc1ccc(-c2ccc(OC3CCC(C(=O)NS(=O)(=O)C4CC4)CC3)nc2)nc1. The number of pyridine rings is 2. The molecule has 39 heavy (non-hydrogen) atoms. The van der Waals surface area contributed by atoms with Crippen molar-refractivity contribution in [3.05, 3.63) is 66.2 Å². The lowest BCUT2D eigenvalue weighted by Crippen LogP contribution is -2.40. The standard InChI is InChI=1S/C28H30FN5O4S/c1-30-26-14-21(29)6-12-25(26)32-16-18-2-11-24(31-15-18)20-5-13-27(33-17-20)38-22-7-3-19(4-8-22)28(35)34-39(36,37)23-9-10-23/h2,5-6,11-15,17,19,22-23,32H,1,3-4,7-10,16H2,(H,34,35). The van der Waals surface area contributed by atoms with Crippen LogP contribution in [0.5, 0.6) is 5.88 Å². The van der Waals surface area contributed by atoms with E-state index >= 15 is 0 Å². The number of sulfonamides is 1. The molecule has 2 aliphatic rings. The molecule has 2 N–H and O–H groups in total. The summed E-state index contributed by atoms with van der Waals surface area (Å²) in [5.41, 5.74) is 3.69. The Kier molecular flexibility index (Phi) is 7.87. The van der Waals surface area contributed by atoms with Gasteiger partial charge in [0.2, 0.25) is 21.8 Å². The van der Waals surface area contributed by atoms with E-state index < -0.39 is 21.2 Å². The number of ether oxygens (including phenoxy) is 1. The molecule has 2 saturated carbocycles. The molecule has 0 aliphatic heterocycles. The summed E-state index contributed by atoms with van der Waals surface area (Å²) in [5, 5.41) is 2.81. The van der Waals surface area contributed by atoms with Gasteiger partial charge in [0.15, 0.2) is 0 Å². The molecule has 2 aromatic heterocycles. The van der Waals surface area contributed by atoms with Crippen LogP contribution < -0.4 is 14.8 Å². The molecule has 2 aliphatic carbocycles. The lowest BCUT2D eigenvalue weighted by molar-refractivity contribution is -0.124. The van der Waals surface area contributed by atoms with E-state index in [4.69, 9.17) is 4.74 Å². The second-order valence-corrected chi connectivity index (χ2v) is 11.9. The fourth-order valence-electron chi connectivity index (χ4n) is 4.58. The molecule has 0 radical (unpaired) electrons. The number of nitrogens with zero attached hydrogens (tertiary/aromatic N) is 3. The van der Waals surface area contributed by atoms with E-state index in [1.807, 2.05) is 18.2 Å². The molecule has 9 nitrogen and oxygen atoms in total. The zero-order valence-corrected chi connectivity index (χ0v) is 22.2. The maximum Gasteiger partial charge on any atom is 0.237 e. The second kappa shape index (κ2) is 11.5. The number of hydrogen-bond acceptors (Lipinski definition) is 8. The molecule has 5 rings (SSSR count). The van der Waals surface area contributed by atoms with Gasteiger partial charge in [-0.25, -0.2) is 17.8 Å². The number of aliphatic imine (C=N–C) groups is 1. The number of nitrogens with one attached hydrogen (secondary N) is 2. The predicted molar refractivity (Wildman–Crippen MR) is 147 cm³/mol. The molecule has 0 unspecified atom stereocenters. The molecule has 11 heteroatoms. The summed E-state index contributed by atoms with van der Waals surface area (Å²) in [4.78, 5) is 25.2. The minimum Gasteiger partial charge on any atom is -0.474 e. The van der Waals surface area contributed by atoms with Gasteiger partial charge in [-0.3, -0.25) is 19.5 Å². The molecule has 0 saturated heterocycles. The van der Waals surface area contributed by atoms with Crippen LogP contribution >= 0.6 is 0 Å². The van der Waals surface area contributed by atoms with Crippen molar-refractivity contribution in [3.63, 3.8) is 0 Å². The molecule has 2 heterocycles. The van der Waals surface area contributed by atoms with Crippen molar-refractivity contribution in [2.45, 2.75) is 56.4 Å². The van der Waals surface area contributed by atoms with Crippen molar-refractivity contribution in [2.75, 3.05) is 5.32 Å². The van der Waals surface area contributed by atoms with Crippen LogP contribution in [0.25, 0.3) is 11.3 Å². The topological polar surface area (TPSA) is 123 Å².